The molecule has 6 nitrogen and oxygen atoms in total. The van der Waals surface area contributed by atoms with Gasteiger partial charge in [-0.25, -0.2) is 0 Å². The number of anilines is 1. The molecular weight excluding hydrogens is 294 g/mol. The number of amides is 1. The highest BCUT2D eigenvalue weighted by Gasteiger charge is 2.08. The number of rotatable bonds is 9. The van der Waals surface area contributed by atoms with Gasteiger partial charge < -0.3 is 15.7 Å². The Hall–Kier alpha value is -2.81. The molecule has 0 heterocycles. The van der Waals surface area contributed by atoms with Crippen molar-refractivity contribution in [3.8, 4) is 6.07 Å². The largest absolute Gasteiger partial charge is 0.481 e. The fourth-order valence-electron chi connectivity index (χ4n) is 1.83. The topological polar surface area (TPSA) is 102 Å². The van der Waals surface area contributed by atoms with Crippen molar-refractivity contribution in [2.45, 2.75) is 32.6 Å². The summed E-state index contributed by atoms with van der Waals surface area (Å²) < 4.78 is 0. The van der Waals surface area contributed by atoms with Gasteiger partial charge in [-0.05, 0) is 30.5 Å². The molecule has 0 aliphatic rings. The predicted molar refractivity (Wildman–Crippen MR) is 87.6 cm³/mol. The Morgan fingerprint density at radius 3 is 2.57 bits per heavy atom. The third kappa shape index (κ3) is 7.14. The molecule has 1 aromatic rings. The van der Waals surface area contributed by atoms with E-state index in [2.05, 4.69) is 17.6 Å². The standard InChI is InChI=1S/C17H21N3O3/c1-2-3-4-13-5-7-15(8-6-13)20-12-14(11-18)17(23)19-10-9-16(21)22/h5-8,12,20H,2-4,9-10H2,1H3,(H,19,23)(H,21,22)/b14-12-. The van der Waals surface area contributed by atoms with E-state index in [1.54, 1.807) is 6.07 Å². The van der Waals surface area contributed by atoms with Crippen molar-refractivity contribution >= 4 is 17.6 Å². The van der Waals surface area contributed by atoms with E-state index in [9.17, 15) is 9.59 Å². The number of hydrogen-bond donors (Lipinski definition) is 3. The first-order valence-electron chi connectivity index (χ1n) is 7.52. The number of carboxylic acid groups (broad SMARTS) is 1. The van der Waals surface area contributed by atoms with Crippen LogP contribution in [0.5, 0.6) is 0 Å². The Bertz CT molecular complexity index is 601. The molecule has 122 valence electrons. The summed E-state index contributed by atoms with van der Waals surface area (Å²) in [6.45, 7) is 2.13. The maximum Gasteiger partial charge on any atom is 0.305 e. The van der Waals surface area contributed by atoms with E-state index in [0.29, 0.717) is 0 Å². The highest BCUT2D eigenvalue weighted by molar-refractivity contribution is 5.97. The van der Waals surface area contributed by atoms with Crippen molar-refractivity contribution in [3.05, 3.63) is 41.6 Å². The zero-order valence-electron chi connectivity index (χ0n) is 13.1. The molecule has 0 saturated heterocycles. The van der Waals surface area contributed by atoms with Gasteiger partial charge in [0.2, 0.25) is 0 Å². The molecule has 6 heteroatoms. The Labute approximate surface area is 135 Å². The van der Waals surface area contributed by atoms with Gasteiger partial charge in [-0.2, -0.15) is 5.26 Å². The van der Waals surface area contributed by atoms with E-state index < -0.39 is 11.9 Å². The van der Waals surface area contributed by atoms with Crippen molar-refractivity contribution in [1.82, 2.24) is 5.32 Å². The van der Waals surface area contributed by atoms with E-state index in [-0.39, 0.29) is 18.5 Å². The molecule has 0 aliphatic heterocycles. The summed E-state index contributed by atoms with van der Waals surface area (Å²) in [5.41, 5.74) is 1.91. The molecule has 0 saturated carbocycles. The van der Waals surface area contributed by atoms with Crippen LogP contribution in [-0.4, -0.2) is 23.5 Å². The third-order valence-corrected chi connectivity index (χ3v) is 3.15. The quantitative estimate of drug-likeness (QED) is 0.480. The molecule has 0 aromatic heterocycles. The summed E-state index contributed by atoms with van der Waals surface area (Å²) >= 11 is 0. The van der Waals surface area contributed by atoms with Crippen LogP contribution in [0.2, 0.25) is 0 Å². The summed E-state index contributed by atoms with van der Waals surface area (Å²) in [6, 6.07) is 9.57. The van der Waals surface area contributed by atoms with Gasteiger partial charge in [-0.3, -0.25) is 9.59 Å². The average molecular weight is 315 g/mol. The molecule has 0 fully saturated rings. The number of nitrogens with one attached hydrogen (secondary N) is 2. The first-order chi connectivity index (χ1) is 11.1. The van der Waals surface area contributed by atoms with Crippen molar-refractivity contribution < 1.29 is 14.7 Å². The lowest BCUT2D eigenvalue weighted by Crippen LogP contribution is -2.27. The van der Waals surface area contributed by atoms with Crippen LogP contribution >= 0.6 is 0 Å². The van der Waals surface area contributed by atoms with Crippen LogP contribution in [0.1, 0.15) is 31.7 Å². The molecular formula is C17H21N3O3. The molecule has 0 radical (unpaired) electrons. The average Bonchev–Trinajstić information content (AvgIpc) is 2.54. The zero-order valence-corrected chi connectivity index (χ0v) is 13.1. The lowest BCUT2D eigenvalue weighted by atomic mass is 10.1. The third-order valence-electron chi connectivity index (χ3n) is 3.15. The van der Waals surface area contributed by atoms with E-state index in [0.717, 1.165) is 24.9 Å². The number of carboxylic acids is 1. The number of nitriles is 1. The van der Waals surface area contributed by atoms with Gasteiger partial charge >= 0.3 is 5.97 Å². The maximum atomic E-state index is 11.7. The molecule has 0 bridgehead atoms. The van der Waals surface area contributed by atoms with Crippen LogP contribution in [0.25, 0.3) is 0 Å². The highest BCUT2D eigenvalue weighted by Crippen LogP contribution is 2.12. The number of unbranched alkanes of at least 4 members (excludes halogenated alkanes) is 1. The Kier molecular flexibility index (Phi) is 7.94. The molecule has 0 atom stereocenters. The van der Waals surface area contributed by atoms with E-state index in [1.807, 2.05) is 24.3 Å². The lowest BCUT2D eigenvalue weighted by Gasteiger charge is -2.05. The van der Waals surface area contributed by atoms with Crippen LogP contribution in [0, 0.1) is 11.3 Å². The van der Waals surface area contributed by atoms with Crippen molar-refractivity contribution in [2.24, 2.45) is 0 Å². The van der Waals surface area contributed by atoms with Crippen molar-refractivity contribution in [2.75, 3.05) is 11.9 Å². The fraction of sp³-hybridized carbons (Fsp3) is 0.353. The molecule has 1 amide bonds. The van der Waals surface area contributed by atoms with Gasteiger partial charge in [0.15, 0.2) is 0 Å². The van der Waals surface area contributed by atoms with Crippen LogP contribution in [0.15, 0.2) is 36.0 Å². The Morgan fingerprint density at radius 1 is 1.30 bits per heavy atom. The van der Waals surface area contributed by atoms with Gasteiger partial charge in [-0.1, -0.05) is 25.5 Å². The highest BCUT2D eigenvalue weighted by atomic mass is 16.4. The molecule has 1 aromatic carbocycles. The molecule has 0 spiro atoms. The second-order valence-corrected chi connectivity index (χ2v) is 5.01. The number of nitrogens with zero attached hydrogens (tertiary/aromatic N) is 1. The first-order valence-corrected chi connectivity index (χ1v) is 7.52. The molecule has 23 heavy (non-hydrogen) atoms. The predicted octanol–water partition coefficient (Wildman–Crippen LogP) is 2.44. The molecule has 0 aliphatic carbocycles. The summed E-state index contributed by atoms with van der Waals surface area (Å²) in [5.74, 6) is -1.60. The minimum Gasteiger partial charge on any atom is -0.481 e. The minimum atomic E-state index is -1.01. The minimum absolute atomic E-state index is 0.0146. The Morgan fingerprint density at radius 2 is 2.00 bits per heavy atom. The summed E-state index contributed by atoms with van der Waals surface area (Å²) in [7, 11) is 0. The van der Waals surface area contributed by atoms with E-state index in [1.165, 1.54) is 11.8 Å². The second-order valence-electron chi connectivity index (χ2n) is 5.01. The number of aliphatic carboxylic acids is 1. The Balaban J connectivity index is 2.57. The maximum absolute atomic E-state index is 11.7. The van der Waals surface area contributed by atoms with Crippen LogP contribution in [0.3, 0.4) is 0 Å². The van der Waals surface area contributed by atoms with Crippen LogP contribution < -0.4 is 10.6 Å². The summed E-state index contributed by atoms with van der Waals surface area (Å²) in [5, 5.41) is 22.8. The van der Waals surface area contributed by atoms with E-state index >= 15 is 0 Å². The van der Waals surface area contributed by atoms with Gasteiger partial charge in [0, 0.05) is 18.4 Å². The SMILES string of the molecule is CCCCc1ccc(N/C=C(/C#N)C(=O)NCCC(=O)O)cc1. The molecule has 3 N–H and O–H groups in total. The zero-order chi connectivity index (χ0) is 17.1. The van der Waals surface area contributed by atoms with Crippen molar-refractivity contribution in [3.63, 3.8) is 0 Å². The summed E-state index contributed by atoms with van der Waals surface area (Å²) in [6.07, 6.45) is 4.45. The van der Waals surface area contributed by atoms with Crippen LogP contribution in [0.4, 0.5) is 5.69 Å². The number of hydrogen-bond acceptors (Lipinski definition) is 4. The molecule has 1 rings (SSSR count). The van der Waals surface area contributed by atoms with Gasteiger partial charge in [0.25, 0.3) is 5.91 Å². The normalized spacial score (nSPS) is 10.7. The van der Waals surface area contributed by atoms with Gasteiger partial charge in [0.05, 0.1) is 6.42 Å². The first kappa shape index (κ1) is 18.2. The van der Waals surface area contributed by atoms with Gasteiger partial charge in [-0.15, -0.1) is 0 Å². The van der Waals surface area contributed by atoms with Gasteiger partial charge in [0.1, 0.15) is 11.6 Å². The number of carbonyl (C=O) groups is 2. The number of benzene rings is 1. The molecule has 0 unspecified atom stereocenters. The van der Waals surface area contributed by atoms with Crippen LogP contribution in [-0.2, 0) is 16.0 Å². The smallest absolute Gasteiger partial charge is 0.305 e. The fourth-order valence-corrected chi connectivity index (χ4v) is 1.83. The monoisotopic (exact) mass is 315 g/mol. The second kappa shape index (κ2) is 10.0. The number of carbonyl (C=O) groups excluding carboxylic acids is 1. The van der Waals surface area contributed by atoms with Crippen molar-refractivity contribution in [1.29, 1.82) is 5.26 Å². The lowest BCUT2D eigenvalue weighted by molar-refractivity contribution is -0.136. The summed E-state index contributed by atoms with van der Waals surface area (Å²) in [4.78, 5) is 22.1. The van der Waals surface area contributed by atoms with E-state index in [4.69, 9.17) is 10.4 Å². The number of aryl methyl sites for hydroxylation is 1.